The van der Waals surface area contributed by atoms with Gasteiger partial charge < -0.3 is 10.6 Å². The molecule has 1 saturated heterocycles. The fourth-order valence-electron chi connectivity index (χ4n) is 3.07. The van der Waals surface area contributed by atoms with Crippen LogP contribution in [0.3, 0.4) is 0 Å². The number of hydrogen-bond donors (Lipinski definition) is 1. The predicted molar refractivity (Wildman–Crippen MR) is 107 cm³/mol. The lowest BCUT2D eigenvalue weighted by atomic mass is 9.92. The normalized spacial score (nSPS) is 19.7. The number of carbonyl (C=O) groups excluding carboxylic acids is 1. The van der Waals surface area contributed by atoms with Crippen LogP contribution in [-0.2, 0) is 0 Å². The van der Waals surface area contributed by atoms with Crippen molar-refractivity contribution in [3.63, 3.8) is 0 Å². The molecule has 0 aliphatic carbocycles. The lowest BCUT2D eigenvalue weighted by molar-refractivity contribution is 0.0577. The molecular formula is C17H24Cl2N4OS. The molecular weight excluding hydrogens is 379 g/mol. The molecule has 0 radical (unpaired) electrons. The fraction of sp³-hybridized carbons (Fsp3) is 0.471. The first kappa shape index (κ1) is 21.8. The predicted octanol–water partition coefficient (Wildman–Crippen LogP) is 3.56. The molecule has 5 nitrogen and oxygen atoms in total. The van der Waals surface area contributed by atoms with Gasteiger partial charge >= 0.3 is 0 Å². The molecule has 1 aliphatic rings. The summed E-state index contributed by atoms with van der Waals surface area (Å²) in [5.41, 5.74) is 7.47. The summed E-state index contributed by atoms with van der Waals surface area (Å²) < 4.78 is 0. The Bertz CT molecular complexity index is 695. The van der Waals surface area contributed by atoms with Crippen LogP contribution in [0.15, 0.2) is 24.4 Å². The highest BCUT2D eigenvalue weighted by Gasteiger charge is 2.31. The molecule has 3 rings (SSSR count). The molecule has 0 bridgehead atoms. The fourth-order valence-corrected chi connectivity index (χ4v) is 4.07. The van der Waals surface area contributed by atoms with Crippen LogP contribution in [0.5, 0.6) is 0 Å². The van der Waals surface area contributed by atoms with Crippen molar-refractivity contribution in [3.05, 3.63) is 35.0 Å². The van der Waals surface area contributed by atoms with Crippen LogP contribution in [-0.4, -0.2) is 39.9 Å². The van der Waals surface area contributed by atoms with Crippen molar-refractivity contribution < 1.29 is 4.79 Å². The molecule has 1 aliphatic heterocycles. The Morgan fingerprint density at radius 1 is 1.40 bits per heavy atom. The minimum Gasteiger partial charge on any atom is -0.334 e. The lowest BCUT2D eigenvalue weighted by Gasteiger charge is -2.37. The van der Waals surface area contributed by atoms with Crippen molar-refractivity contribution in [2.45, 2.75) is 32.7 Å². The number of nitrogens with two attached hydrogens (primary N) is 1. The van der Waals surface area contributed by atoms with E-state index in [0.29, 0.717) is 17.3 Å². The standard InChI is InChI=1S/C17H22N4OS.2ClH/c1-11-6-8-21(13(9-11)10-18)17(22)15-12(2)20-16(23-15)14-5-3-4-7-19-14;;/h3-5,7,11,13H,6,8-10,18H2,1-2H3;2*1H. The number of aryl methyl sites for hydroxylation is 1. The van der Waals surface area contributed by atoms with Crippen LogP contribution >= 0.6 is 36.2 Å². The largest absolute Gasteiger partial charge is 0.334 e. The highest BCUT2D eigenvalue weighted by molar-refractivity contribution is 7.17. The summed E-state index contributed by atoms with van der Waals surface area (Å²) in [6.07, 6.45) is 3.75. The van der Waals surface area contributed by atoms with Crippen molar-refractivity contribution in [2.75, 3.05) is 13.1 Å². The van der Waals surface area contributed by atoms with E-state index in [9.17, 15) is 4.79 Å². The monoisotopic (exact) mass is 402 g/mol. The molecule has 0 saturated carbocycles. The van der Waals surface area contributed by atoms with Gasteiger partial charge in [0.05, 0.1) is 11.4 Å². The highest BCUT2D eigenvalue weighted by atomic mass is 35.5. The molecule has 2 aromatic heterocycles. The number of hydrogen-bond acceptors (Lipinski definition) is 5. The van der Waals surface area contributed by atoms with Crippen LogP contribution in [0.1, 0.15) is 35.1 Å². The summed E-state index contributed by atoms with van der Waals surface area (Å²) in [5.74, 6) is 0.684. The second kappa shape index (κ2) is 9.48. The SMILES string of the molecule is Cc1nc(-c2ccccn2)sc1C(=O)N1CCC(C)CC1CN.Cl.Cl. The van der Waals surface area contributed by atoms with Gasteiger partial charge in [0.25, 0.3) is 5.91 Å². The summed E-state index contributed by atoms with van der Waals surface area (Å²) >= 11 is 1.42. The number of rotatable bonds is 3. The minimum atomic E-state index is 0. The van der Waals surface area contributed by atoms with Gasteiger partial charge in [-0.1, -0.05) is 13.0 Å². The van der Waals surface area contributed by atoms with Crippen molar-refractivity contribution in [1.82, 2.24) is 14.9 Å². The average molecular weight is 403 g/mol. The second-order valence-electron chi connectivity index (χ2n) is 6.17. The van der Waals surface area contributed by atoms with Crippen LogP contribution in [0.4, 0.5) is 0 Å². The maximum Gasteiger partial charge on any atom is 0.266 e. The molecule has 8 heteroatoms. The van der Waals surface area contributed by atoms with Gasteiger partial charge in [0.15, 0.2) is 0 Å². The number of thiazole rings is 1. The summed E-state index contributed by atoms with van der Waals surface area (Å²) in [5, 5.41) is 0.793. The number of carbonyl (C=O) groups is 1. The quantitative estimate of drug-likeness (QED) is 0.851. The zero-order chi connectivity index (χ0) is 16.4. The van der Waals surface area contributed by atoms with E-state index >= 15 is 0 Å². The first-order valence-electron chi connectivity index (χ1n) is 8.00. The van der Waals surface area contributed by atoms with Gasteiger partial charge in [-0.2, -0.15) is 0 Å². The van der Waals surface area contributed by atoms with Gasteiger partial charge in [0.1, 0.15) is 9.88 Å². The summed E-state index contributed by atoms with van der Waals surface area (Å²) in [4.78, 5) is 24.5. The molecule has 1 fully saturated rings. The third-order valence-corrected chi connectivity index (χ3v) is 5.55. The Labute approximate surface area is 164 Å². The van der Waals surface area contributed by atoms with E-state index in [0.717, 1.165) is 35.8 Å². The Morgan fingerprint density at radius 2 is 2.16 bits per heavy atom. The van der Waals surface area contributed by atoms with Gasteiger partial charge in [-0.25, -0.2) is 4.98 Å². The Balaban J connectivity index is 0.00000156. The van der Waals surface area contributed by atoms with E-state index < -0.39 is 0 Å². The molecule has 3 heterocycles. The van der Waals surface area contributed by atoms with Gasteiger partial charge in [-0.05, 0) is 37.8 Å². The number of nitrogens with zero attached hydrogens (tertiary/aromatic N) is 3. The third kappa shape index (κ3) is 4.70. The Morgan fingerprint density at radius 3 is 2.80 bits per heavy atom. The summed E-state index contributed by atoms with van der Waals surface area (Å²) in [7, 11) is 0. The first-order valence-corrected chi connectivity index (χ1v) is 8.81. The van der Waals surface area contributed by atoms with Gasteiger partial charge in [0.2, 0.25) is 0 Å². The number of piperidine rings is 1. The van der Waals surface area contributed by atoms with Crippen LogP contribution in [0.2, 0.25) is 0 Å². The highest BCUT2D eigenvalue weighted by Crippen LogP contribution is 2.30. The van der Waals surface area contributed by atoms with E-state index in [1.165, 1.54) is 11.3 Å². The van der Waals surface area contributed by atoms with E-state index in [2.05, 4.69) is 16.9 Å². The molecule has 0 spiro atoms. The Hall–Kier alpha value is -1.21. The number of pyridine rings is 1. The topological polar surface area (TPSA) is 72.1 Å². The maximum atomic E-state index is 13.0. The van der Waals surface area contributed by atoms with Crippen molar-refractivity contribution in [1.29, 1.82) is 0 Å². The van der Waals surface area contributed by atoms with E-state index in [1.807, 2.05) is 30.0 Å². The van der Waals surface area contributed by atoms with E-state index in [4.69, 9.17) is 5.73 Å². The zero-order valence-electron chi connectivity index (χ0n) is 14.3. The molecule has 2 atom stereocenters. The first-order chi connectivity index (χ1) is 11.1. The zero-order valence-corrected chi connectivity index (χ0v) is 16.8. The maximum absolute atomic E-state index is 13.0. The molecule has 1 amide bonds. The molecule has 2 unspecified atom stereocenters. The van der Waals surface area contributed by atoms with Gasteiger partial charge in [0, 0.05) is 25.3 Å². The molecule has 2 N–H and O–H groups in total. The average Bonchev–Trinajstić information content (AvgIpc) is 2.97. The molecule has 138 valence electrons. The molecule has 2 aromatic rings. The van der Waals surface area contributed by atoms with Crippen LogP contribution < -0.4 is 5.73 Å². The number of aromatic nitrogens is 2. The Kier molecular flexibility index (Phi) is 8.28. The number of likely N-dealkylation sites (tertiary alicyclic amines) is 1. The summed E-state index contributed by atoms with van der Waals surface area (Å²) in [6.45, 7) is 5.40. The van der Waals surface area contributed by atoms with Crippen molar-refractivity contribution in [2.24, 2.45) is 11.7 Å². The molecule has 0 aromatic carbocycles. The van der Waals surface area contributed by atoms with E-state index in [-0.39, 0.29) is 36.8 Å². The van der Waals surface area contributed by atoms with Gasteiger partial charge in [-0.15, -0.1) is 36.2 Å². The summed E-state index contributed by atoms with van der Waals surface area (Å²) in [6, 6.07) is 5.84. The minimum absolute atomic E-state index is 0. The smallest absolute Gasteiger partial charge is 0.266 e. The number of amides is 1. The van der Waals surface area contributed by atoms with E-state index in [1.54, 1.807) is 6.20 Å². The van der Waals surface area contributed by atoms with Crippen molar-refractivity contribution >= 4 is 42.1 Å². The van der Waals surface area contributed by atoms with Gasteiger partial charge in [-0.3, -0.25) is 9.78 Å². The second-order valence-corrected chi connectivity index (χ2v) is 7.17. The number of halogens is 2. The molecule has 25 heavy (non-hydrogen) atoms. The third-order valence-electron chi connectivity index (χ3n) is 4.39. The lowest BCUT2D eigenvalue weighted by Crippen LogP contribution is -2.49. The van der Waals surface area contributed by atoms with Crippen LogP contribution in [0.25, 0.3) is 10.7 Å². The van der Waals surface area contributed by atoms with Crippen LogP contribution in [0, 0.1) is 12.8 Å². The van der Waals surface area contributed by atoms with Crippen molar-refractivity contribution in [3.8, 4) is 10.7 Å².